The van der Waals surface area contributed by atoms with Crippen LogP contribution >= 0.6 is 23.6 Å². The fourth-order valence-electron chi connectivity index (χ4n) is 2.48. The normalized spacial score (nSPS) is 15.2. The van der Waals surface area contributed by atoms with Crippen molar-refractivity contribution in [2.24, 2.45) is 5.73 Å². The van der Waals surface area contributed by atoms with Crippen LogP contribution in [0.2, 0.25) is 0 Å². The Bertz CT molecular complexity index is 551. The van der Waals surface area contributed by atoms with Crippen molar-refractivity contribution in [2.75, 3.05) is 18.5 Å². The molecular weight excluding hydrogens is 290 g/mol. The Balaban J connectivity index is 2.46. The number of nitrogens with zero attached hydrogens (tertiary/aromatic N) is 2. The van der Waals surface area contributed by atoms with Gasteiger partial charge in [-0.25, -0.2) is 0 Å². The number of carbonyl (C=O) groups excluding carboxylic acids is 1. The molecule has 1 aliphatic rings. The summed E-state index contributed by atoms with van der Waals surface area (Å²) in [5.41, 5.74) is 8.04. The molecule has 1 aromatic rings. The van der Waals surface area contributed by atoms with E-state index < -0.39 is 0 Å². The van der Waals surface area contributed by atoms with Crippen LogP contribution < -0.4 is 10.6 Å². The van der Waals surface area contributed by atoms with Crippen LogP contribution in [-0.4, -0.2) is 35.4 Å². The fourth-order valence-corrected chi connectivity index (χ4v) is 4.16. The van der Waals surface area contributed by atoms with E-state index in [-0.39, 0.29) is 5.91 Å². The number of thiophene rings is 1. The Labute approximate surface area is 129 Å². The molecule has 1 aliphatic heterocycles. The zero-order valence-electron chi connectivity index (χ0n) is 12.4. The molecule has 0 saturated carbocycles. The molecule has 4 nitrogen and oxygen atoms in total. The molecule has 0 aliphatic carbocycles. The molecule has 0 unspecified atom stereocenters. The molecule has 110 valence electrons. The van der Waals surface area contributed by atoms with E-state index in [1.165, 1.54) is 10.4 Å². The van der Waals surface area contributed by atoms with Gasteiger partial charge in [0.2, 0.25) is 5.91 Å². The molecule has 1 amide bonds. The average Bonchev–Trinajstić information content (AvgIpc) is 2.75. The lowest BCUT2D eigenvalue weighted by atomic mass is 10.0. The van der Waals surface area contributed by atoms with Crippen molar-refractivity contribution < 1.29 is 4.79 Å². The third-order valence-corrected chi connectivity index (χ3v) is 5.32. The van der Waals surface area contributed by atoms with Gasteiger partial charge in [-0.2, -0.15) is 0 Å². The van der Waals surface area contributed by atoms with Gasteiger partial charge in [-0.05, 0) is 25.8 Å². The minimum Gasteiger partial charge on any atom is -0.389 e. The monoisotopic (exact) mass is 311 g/mol. The summed E-state index contributed by atoms with van der Waals surface area (Å²) >= 11 is 6.85. The van der Waals surface area contributed by atoms with Crippen molar-refractivity contribution in [3.8, 4) is 0 Å². The highest BCUT2D eigenvalue weighted by Crippen LogP contribution is 2.39. The summed E-state index contributed by atoms with van der Waals surface area (Å²) in [6.07, 6.45) is 0.947. The number of fused-ring (bicyclic) bond motifs is 1. The van der Waals surface area contributed by atoms with E-state index in [4.69, 9.17) is 18.0 Å². The van der Waals surface area contributed by atoms with Gasteiger partial charge in [0, 0.05) is 43.5 Å². The second-order valence-corrected chi connectivity index (χ2v) is 6.96. The number of rotatable bonds is 3. The highest BCUT2D eigenvalue weighted by molar-refractivity contribution is 7.80. The first-order chi connectivity index (χ1) is 9.32. The number of thiocarbonyl (C=S) groups is 1. The van der Waals surface area contributed by atoms with Gasteiger partial charge in [-0.3, -0.25) is 9.69 Å². The number of carbonyl (C=O) groups is 1. The van der Waals surface area contributed by atoms with E-state index >= 15 is 0 Å². The summed E-state index contributed by atoms with van der Waals surface area (Å²) in [6, 6.07) is 0.521. The maximum Gasteiger partial charge on any atom is 0.224 e. The molecule has 0 fully saturated rings. The van der Waals surface area contributed by atoms with E-state index in [2.05, 4.69) is 18.7 Å². The van der Waals surface area contributed by atoms with Crippen molar-refractivity contribution in [3.63, 3.8) is 0 Å². The summed E-state index contributed by atoms with van der Waals surface area (Å²) in [4.78, 5) is 17.4. The average molecular weight is 311 g/mol. The minimum absolute atomic E-state index is 0.00168. The molecule has 20 heavy (non-hydrogen) atoms. The van der Waals surface area contributed by atoms with Gasteiger partial charge < -0.3 is 10.6 Å². The van der Waals surface area contributed by atoms with Crippen LogP contribution in [0.15, 0.2) is 0 Å². The lowest BCUT2D eigenvalue weighted by molar-refractivity contribution is -0.116. The highest BCUT2D eigenvalue weighted by atomic mass is 32.1. The van der Waals surface area contributed by atoms with Crippen LogP contribution in [0.1, 0.15) is 36.8 Å². The number of anilines is 1. The highest BCUT2D eigenvalue weighted by Gasteiger charge is 2.28. The summed E-state index contributed by atoms with van der Waals surface area (Å²) in [6.45, 7) is 7.90. The lowest BCUT2D eigenvalue weighted by Gasteiger charge is -2.30. The van der Waals surface area contributed by atoms with Gasteiger partial charge in [0.05, 0.1) is 0 Å². The Hall–Kier alpha value is -0.980. The van der Waals surface area contributed by atoms with E-state index in [9.17, 15) is 4.79 Å². The van der Waals surface area contributed by atoms with Crippen LogP contribution in [0.25, 0.3) is 0 Å². The third kappa shape index (κ3) is 2.73. The molecule has 1 aromatic heterocycles. The Kier molecular flexibility index (Phi) is 4.46. The molecule has 0 atom stereocenters. The summed E-state index contributed by atoms with van der Waals surface area (Å²) in [5.74, 6) is 0.00168. The van der Waals surface area contributed by atoms with Crippen molar-refractivity contribution in [3.05, 3.63) is 16.0 Å². The second kappa shape index (κ2) is 5.79. The second-order valence-electron chi connectivity index (χ2n) is 5.44. The summed E-state index contributed by atoms with van der Waals surface area (Å²) in [7, 11) is 1.78. The first kappa shape index (κ1) is 15.4. The summed E-state index contributed by atoms with van der Waals surface area (Å²) < 4.78 is 0. The van der Waals surface area contributed by atoms with Crippen LogP contribution in [-0.2, 0) is 17.8 Å². The van der Waals surface area contributed by atoms with Gasteiger partial charge in [-0.15, -0.1) is 11.3 Å². The number of amides is 1. The van der Waals surface area contributed by atoms with Crippen molar-refractivity contribution in [1.82, 2.24) is 4.90 Å². The maximum atomic E-state index is 11.6. The first-order valence-electron chi connectivity index (χ1n) is 6.75. The molecule has 6 heteroatoms. The van der Waals surface area contributed by atoms with Gasteiger partial charge >= 0.3 is 0 Å². The van der Waals surface area contributed by atoms with Gasteiger partial charge in [0.1, 0.15) is 9.99 Å². The smallest absolute Gasteiger partial charge is 0.224 e. The zero-order valence-corrected chi connectivity index (χ0v) is 14.0. The van der Waals surface area contributed by atoms with Crippen molar-refractivity contribution >= 4 is 39.5 Å². The van der Waals surface area contributed by atoms with Gasteiger partial charge in [0.25, 0.3) is 0 Å². The fraction of sp³-hybridized carbons (Fsp3) is 0.571. The first-order valence-corrected chi connectivity index (χ1v) is 7.98. The Morgan fingerprint density at radius 2 is 2.15 bits per heavy atom. The minimum atomic E-state index is 0.00168. The number of hydrogen-bond acceptors (Lipinski definition) is 4. The van der Waals surface area contributed by atoms with Crippen molar-refractivity contribution in [2.45, 2.75) is 39.8 Å². The van der Waals surface area contributed by atoms with E-state index in [0.717, 1.165) is 30.1 Å². The van der Waals surface area contributed by atoms with Crippen LogP contribution in [0, 0.1) is 0 Å². The van der Waals surface area contributed by atoms with Crippen LogP contribution in [0.3, 0.4) is 0 Å². The largest absolute Gasteiger partial charge is 0.389 e. The molecule has 0 bridgehead atoms. The van der Waals surface area contributed by atoms with Crippen LogP contribution in [0.5, 0.6) is 0 Å². The predicted octanol–water partition coefficient (Wildman–Crippen LogP) is 2.13. The molecule has 0 radical (unpaired) electrons. The molecule has 0 saturated heterocycles. The standard InChI is InChI=1S/C14H21N3OS2/c1-8(2)17-6-5-10-11(7-17)20-14(12(10)13(15)19)16(4)9(3)18/h8H,5-7H2,1-4H3,(H2,15,19). The topological polar surface area (TPSA) is 49.6 Å². The maximum absolute atomic E-state index is 11.6. The molecule has 2 heterocycles. The zero-order chi connectivity index (χ0) is 15.0. The molecular formula is C14H21N3OS2. The molecule has 2 rings (SSSR count). The van der Waals surface area contributed by atoms with Gasteiger partial charge in [-0.1, -0.05) is 12.2 Å². The number of nitrogens with two attached hydrogens (primary N) is 1. The Morgan fingerprint density at radius 1 is 1.50 bits per heavy atom. The molecule has 0 spiro atoms. The lowest BCUT2D eigenvalue weighted by Crippen LogP contribution is -2.35. The molecule has 2 N–H and O–H groups in total. The SMILES string of the molecule is CC(=O)N(C)c1sc2c(c1C(N)=S)CCN(C(C)C)C2. The van der Waals surface area contributed by atoms with Crippen LogP contribution in [0.4, 0.5) is 5.00 Å². The summed E-state index contributed by atoms with van der Waals surface area (Å²) in [5, 5.41) is 0.889. The van der Waals surface area contributed by atoms with E-state index in [1.807, 2.05) is 0 Å². The van der Waals surface area contributed by atoms with E-state index in [0.29, 0.717) is 11.0 Å². The van der Waals surface area contributed by atoms with Gasteiger partial charge in [0.15, 0.2) is 0 Å². The number of hydrogen-bond donors (Lipinski definition) is 1. The van der Waals surface area contributed by atoms with Crippen molar-refractivity contribution in [1.29, 1.82) is 0 Å². The molecule has 0 aromatic carbocycles. The predicted molar refractivity (Wildman–Crippen MR) is 88.5 cm³/mol. The third-order valence-electron chi connectivity index (χ3n) is 3.82. The van der Waals surface area contributed by atoms with E-state index in [1.54, 1.807) is 30.2 Å². The Morgan fingerprint density at radius 3 is 2.65 bits per heavy atom. The quantitative estimate of drug-likeness (QED) is 0.869.